The van der Waals surface area contributed by atoms with Crippen LogP contribution in [0.2, 0.25) is 0 Å². The first-order valence-electron chi connectivity index (χ1n) is 23.5. The van der Waals surface area contributed by atoms with Crippen molar-refractivity contribution in [1.29, 1.82) is 0 Å². The average Bonchev–Trinajstić information content (AvgIpc) is 4.06. The number of hydrogen-bond acceptors (Lipinski definition) is 16. The summed E-state index contributed by atoms with van der Waals surface area (Å²) < 4.78 is 7.80. The molecule has 4 amide bonds. The van der Waals surface area contributed by atoms with Crippen LogP contribution in [0, 0.1) is 0 Å². The number of amides is 4. The Kier molecular flexibility index (Phi) is 12.6. The first-order valence-corrected chi connectivity index (χ1v) is 23.5. The minimum Gasteiger partial charge on any atom is -0.379 e. The quantitative estimate of drug-likeness (QED) is 0.104. The highest BCUT2D eigenvalue weighted by molar-refractivity contribution is 6.07. The molecule has 8 heterocycles. The molecule has 5 aliphatic heterocycles. The number of tetrazole rings is 1. The zero-order valence-corrected chi connectivity index (χ0v) is 38.6. The zero-order valence-electron chi connectivity index (χ0n) is 38.6. The van der Waals surface area contributed by atoms with Gasteiger partial charge in [-0.25, -0.2) is 9.67 Å². The third-order valence-electron chi connectivity index (χ3n) is 14.1. The van der Waals surface area contributed by atoms with E-state index in [2.05, 4.69) is 62.0 Å². The van der Waals surface area contributed by atoms with E-state index in [1.807, 2.05) is 68.4 Å². The van der Waals surface area contributed by atoms with E-state index in [1.165, 1.54) is 4.90 Å². The molecule has 0 radical (unpaired) electrons. The number of ether oxygens (including phenoxy) is 1. The van der Waals surface area contributed by atoms with Crippen LogP contribution >= 0.6 is 0 Å². The van der Waals surface area contributed by atoms with Crippen LogP contribution in [0.4, 0.5) is 23.1 Å². The van der Waals surface area contributed by atoms with Crippen LogP contribution in [0.5, 0.6) is 0 Å². The van der Waals surface area contributed by atoms with Crippen LogP contribution in [0.1, 0.15) is 67.7 Å². The van der Waals surface area contributed by atoms with Crippen molar-refractivity contribution in [3.8, 4) is 11.3 Å². The molecular weight excluding hydrogens is 871 g/mol. The fraction of sp³-hybridized carbons (Fsp3) is 0.468. The third kappa shape index (κ3) is 8.77. The number of fused-ring (bicyclic) bond motifs is 3. The first-order chi connectivity index (χ1) is 33.0. The van der Waals surface area contributed by atoms with Gasteiger partial charge in [0.15, 0.2) is 6.23 Å². The van der Waals surface area contributed by atoms with Crippen LogP contribution in [-0.4, -0.2) is 171 Å². The molecule has 3 fully saturated rings. The summed E-state index contributed by atoms with van der Waals surface area (Å²) in [6.07, 6.45) is 2.84. The number of benzene rings is 2. The standard InChI is InChI=1S/C47H57N15O6/c1-29-41(30(2)62-47(56(29)3)53-54-55-62)44(65)49-32-6-9-37-36(27-32)42(52-51-37)31-12-13-48-39(26-31)60-20-18-58(19-21-60)23-25-68-24-22-57-14-4-16-59(17-5-15-57)33-7-8-34-35(28-33)46(67)61(45(34)66)38-10-11-40(63)50-43(38)64/h6-9,12-13,26-28,30,38,46,67H,4-5,10-11,14-25H2,1-3H3,(H,49,65)(H,51,52)(H,50,63,64)/t30-,38?,46?/m1/s1. The van der Waals surface area contributed by atoms with Crippen LogP contribution in [-0.2, 0) is 19.1 Å². The lowest BCUT2D eigenvalue weighted by molar-refractivity contribution is -0.139. The molecule has 0 bridgehead atoms. The number of aliphatic hydroxyl groups excluding tert-OH is 1. The van der Waals surface area contributed by atoms with Crippen LogP contribution in [0.3, 0.4) is 0 Å². The maximum absolute atomic E-state index is 13.7. The summed E-state index contributed by atoms with van der Waals surface area (Å²) in [6.45, 7) is 14.0. The number of nitrogens with one attached hydrogen (secondary N) is 3. The smallest absolute Gasteiger partial charge is 0.257 e. The van der Waals surface area contributed by atoms with Crippen molar-refractivity contribution in [2.45, 2.75) is 57.8 Å². The Hall–Kier alpha value is -6.81. The van der Waals surface area contributed by atoms with Crippen LogP contribution < -0.4 is 25.3 Å². The monoisotopic (exact) mass is 927 g/mol. The number of piperidine rings is 1. The number of aromatic amines is 1. The number of rotatable bonds is 12. The number of anilines is 4. The molecule has 5 aliphatic rings. The van der Waals surface area contributed by atoms with Gasteiger partial charge in [0.05, 0.1) is 30.3 Å². The summed E-state index contributed by atoms with van der Waals surface area (Å²) in [5, 5.41) is 37.3. The van der Waals surface area contributed by atoms with Crippen LogP contribution in [0.15, 0.2) is 66.0 Å². The summed E-state index contributed by atoms with van der Waals surface area (Å²) in [7, 11) is 1.85. The Labute approximate surface area is 393 Å². The number of carbonyl (C=O) groups is 4. The molecule has 356 valence electrons. The number of aliphatic hydroxyl groups is 1. The molecule has 0 saturated carbocycles. The molecule has 21 heteroatoms. The van der Waals surface area contributed by atoms with Gasteiger partial charge >= 0.3 is 0 Å². The predicted octanol–water partition coefficient (Wildman–Crippen LogP) is 2.53. The number of carbonyl (C=O) groups excluding carboxylic acids is 4. The molecule has 68 heavy (non-hydrogen) atoms. The topological polar surface area (TPSA) is 226 Å². The summed E-state index contributed by atoms with van der Waals surface area (Å²) in [5.41, 5.74) is 6.46. The van der Waals surface area contributed by atoms with Crippen molar-refractivity contribution in [1.82, 2.24) is 55.4 Å². The second-order valence-corrected chi connectivity index (χ2v) is 18.1. The van der Waals surface area contributed by atoms with Crippen molar-refractivity contribution in [2.75, 3.05) is 106 Å². The Balaban J connectivity index is 0.658. The maximum atomic E-state index is 13.7. The van der Waals surface area contributed by atoms with Gasteiger partial charge in [-0.15, -0.1) is 0 Å². The van der Waals surface area contributed by atoms with Crippen molar-refractivity contribution in [3.63, 3.8) is 0 Å². The minimum atomic E-state index is -1.23. The van der Waals surface area contributed by atoms with Gasteiger partial charge in [-0.3, -0.25) is 39.4 Å². The van der Waals surface area contributed by atoms with Gasteiger partial charge in [0, 0.05) is 111 Å². The van der Waals surface area contributed by atoms with Crippen molar-refractivity contribution in [2.24, 2.45) is 0 Å². The summed E-state index contributed by atoms with van der Waals surface area (Å²) in [4.78, 5) is 68.4. The molecule has 3 aromatic heterocycles. The highest BCUT2D eigenvalue weighted by Crippen LogP contribution is 2.38. The van der Waals surface area contributed by atoms with Gasteiger partial charge in [-0.05, 0) is 105 Å². The molecule has 0 spiro atoms. The minimum absolute atomic E-state index is 0.132. The van der Waals surface area contributed by atoms with E-state index < -0.39 is 18.2 Å². The normalized spacial score (nSPS) is 21.8. The number of hydrogen-bond donors (Lipinski definition) is 4. The highest BCUT2D eigenvalue weighted by Gasteiger charge is 2.44. The Morgan fingerprint density at radius 2 is 1.68 bits per heavy atom. The van der Waals surface area contributed by atoms with Crippen molar-refractivity contribution < 1.29 is 29.0 Å². The molecule has 5 aromatic rings. The number of aromatic nitrogens is 7. The molecule has 4 N–H and O–H groups in total. The average molecular weight is 928 g/mol. The lowest BCUT2D eigenvalue weighted by Gasteiger charge is -2.35. The van der Waals surface area contributed by atoms with Crippen molar-refractivity contribution >= 4 is 57.7 Å². The van der Waals surface area contributed by atoms with Gasteiger partial charge in [-0.2, -0.15) is 5.10 Å². The molecule has 10 rings (SSSR count). The number of allylic oxidation sites excluding steroid dienone is 1. The van der Waals surface area contributed by atoms with Crippen LogP contribution in [0.25, 0.3) is 22.2 Å². The SMILES string of the molecule is CC1=C(C(=O)Nc2ccc3[nH]nc(-c4ccnc(N5CCN(CCOCCN6CCCN(c7ccc8c(c7)C(O)N(C7CCC(=O)NC7=O)C8=O)CCC6)CC5)c4)c3c2)[C@@H](C)n2nnnc2N1C. The first kappa shape index (κ1) is 45.0. The second kappa shape index (κ2) is 19.1. The highest BCUT2D eigenvalue weighted by atomic mass is 16.5. The Bertz CT molecular complexity index is 2750. The number of nitrogens with zero attached hydrogens (tertiary/aromatic N) is 12. The second-order valence-electron chi connectivity index (χ2n) is 18.1. The van der Waals surface area contributed by atoms with Gasteiger partial charge in [0.1, 0.15) is 17.6 Å². The van der Waals surface area contributed by atoms with E-state index in [0.717, 1.165) is 118 Å². The molecule has 21 nitrogen and oxygen atoms in total. The van der Waals surface area contributed by atoms with Crippen molar-refractivity contribution in [3.05, 3.63) is 77.1 Å². The number of H-pyrrole nitrogens is 1. The summed E-state index contributed by atoms with van der Waals surface area (Å²) in [6, 6.07) is 14.1. The number of imide groups is 1. The van der Waals surface area contributed by atoms with Gasteiger partial charge < -0.3 is 34.8 Å². The largest absolute Gasteiger partial charge is 0.379 e. The summed E-state index contributed by atoms with van der Waals surface area (Å²) in [5.74, 6) is -0.0261. The lowest BCUT2D eigenvalue weighted by atomic mass is 10.0. The third-order valence-corrected chi connectivity index (χ3v) is 14.1. The molecular formula is C47H57N15O6. The molecule has 2 unspecified atom stereocenters. The maximum Gasteiger partial charge on any atom is 0.257 e. The van der Waals surface area contributed by atoms with E-state index in [1.54, 1.807) is 10.7 Å². The van der Waals surface area contributed by atoms with E-state index in [-0.39, 0.29) is 36.6 Å². The van der Waals surface area contributed by atoms with Gasteiger partial charge in [0.2, 0.25) is 17.8 Å². The zero-order chi connectivity index (χ0) is 47.1. The van der Waals surface area contributed by atoms with E-state index in [9.17, 15) is 24.3 Å². The Morgan fingerprint density at radius 1 is 0.912 bits per heavy atom. The van der Waals surface area contributed by atoms with Gasteiger partial charge in [0.25, 0.3) is 11.8 Å². The van der Waals surface area contributed by atoms with E-state index >= 15 is 0 Å². The summed E-state index contributed by atoms with van der Waals surface area (Å²) >= 11 is 0. The lowest BCUT2D eigenvalue weighted by Crippen LogP contribution is -2.53. The van der Waals surface area contributed by atoms with E-state index in [0.29, 0.717) is 41.5 Å². The predicted molar refractivity (Wildman–Crippen MR) is 253 cm³/mol. The number of pyridine rings is 1. The number of piperazine rings is 1. The molecule has 3 saturated heterocycles. The molecule has 2 aromatic carbocycles. The van der Waals surface area contributed by atoms with E-state index in [4.69, 9.17) is 9.72 Å². The molecule has 0 aliphatic carbocycles. The Morgan fingerprint density at radius 3 is 2.44 bits per heavy atom. The molecule has 3 atom stereocenters. The van der Waals surface area contributed by atoms with Gasteiger partial charge in [-0.1, -0.05) is 5.10 Å². The fourth-order valence-electron chi connectivity index (χ4n) is 10.2. The fourth-order valence-corrected chi connectivity index (χ4v) is 10.2.